The molecule has 0 aliphatic rings. The largest absolute Gasteiger partial charge is 1.00 e. The molecule has 0 radical (unpaired) electrons. The average molecular weight is 337 g/mol. The number of imidazole rings is 1. The number of methoxy groups -OCH3 is 1. The van der Waals surface area contributed by atoms with Crippen molar-refractivity contribution in [1.29, 1.82) is 0 Å². The molecule has 0 bridgehead atoms. The first-order valence-corrected chi connectivity index (χ1v) is 6.84. The van der Waals surface area contributed by atoms with E-state index in [1.165, 1.54) is 24.3 Å². The number of fused-ring (bicyclic) bond motifs is 1. The van der Waals surface area contributed by atoms with E-state index in [0.717, 1.165) is 0 Å². The van der Waals surface area contributed by atoms with E-state index in [4.69, 9.17) is 25.0 Å². The number of nitrogens with zero attached hydrogens (tertiary/aromatic N) is 4. The molecule has 1 unspecified atom stereocenters. The maximum absolute atomic E-state index is 10.8. The zero-order chi connectivity index (χ0) is 14.0. The van der Waals surface area contributed by atoms with Crippen molar-refractivity contribution in [1.82, 2.24) is 19.5 Å². The van der Waals surface area contributed by atoms with Crippen LogP contribution in [0.25, 0.3) is 11.2 Å². The SMILES string of the molecule is COC(OCP(=O)(O)O)n1cnc2c(N)ncnc21.[H-].[H-].[Na+].[Na+]. The smallest absolute Gasteiger partial charge is 1.00 e. The molecular formula is C8H14N5Na2O5P. The topological polar surface area (TPSA) is 146 Å². The summed E-state index contributed by atoms with van der Waals surface area (Å²) in [6, 6.07) is 0. The van der Waals surface area contributed by atoms with Gasteiger partial charge in [-0.1, -0.05) is 0 Å². The van der Waals surface area contributed by atoms with Gasteiger partial charge in [0.2, 0.25) is 6.41 Å². The molecule has 0 aliphatic carbocycles. The summed E-state index contributed by atoms with van der Waals surface area (Å²) in [4.78, 5) is 29.3. The fourth-order valence-corrected chi connectivity index (χ4v) is 1.77. The van der Waals surface area contributed by atoms with Crippen molar-refractivity contribution in [3.05, 3.63) is 12.7 Å². The van der Waals surface area contributed by atoms with Gasteiger partial charge in [-0.05, 0) is 0 Å². The van der Waals surface area contributed by atoms with Crippen molar-refractivity contribution < 1.29 is 85.8 Å². The van der Waals surface area contributed by atoms with Gasteiger partial charge < -0.3 is 27.8 Å². The van der Waals surface area contributed by atoms with Gasteiger partial charge in [0.05, 0.1) is 0 Å². The van der Waals surface area contributed by atoms with Gasteiger partial charge in [-0.15, -0.1) is 0 Å². The third kappa shape index (κ3) is 5.52. The number of nitrogen functional groups attached to an aromatic ring is 1. The summed E-state index contributed by atoms with van der Waals surface area (Å²) in [5.41, 5.74) is 6.31. The number of nitrogens with two attached hydrogens (primary N) is 1. The van der Waals surface area contributed by atoms with Gasteiger partial charge in [-0.2, -0.15) is 0 Å². The maximum Gasteiger partial charge on any atom is 1.00 e. The predicted octanol–water partition coefficient (Wildman–Crippen LogP) is -6.10. The summed E-state index contributed by atoms with van der Waals surface area (Å²) in [6.07, 6.45) is 0.716. The monoisotopic (exact) mass is 337 g/mol. The van der Waals surface area contributed by atoms with Crippen LogP contribution in [0.2, 0.25) is 0 Å². The van der Waals surface area contributed by atoms with Crippen LogP contribution in [-0.4, -0.2) is 42.8 Å². The van der Waals surface area contributed by atoms with E-state index in [0.29, 0.717) is 11.2 Å². The Kier molecular flexibility index (Phi) is 9.08. The minimum atomic E-state index is -4.30. The van der Waals surface area contributed by atoms with Gasteiger partial charge in [0, 0.05) is 7.11 Å². The van der Waals surface area contributed by atoms with Crippen molar-refractivity contribution in [2.24, 2.45) is 0 Å². The fraction of sp³-hybridized carbons (Fsp3) is 0.375. The first-order valence-electron chi connectivity index (χ1n) is 5.04. The molecule has 2 aromatic rings. The van der Waals surface area contributed by atoms with Gasteiger partial charge >= 0.3 is 66.7 Å². The Hall–Kier alpha value is 0.420. The van der Waals surface area contributed by atoms with Crippen molar-refractivity contribution in [3.63, 3.8) is 0 Å². The Bertz CT molecular complexity index is 644. The van der Waals surface area contributed by atoms with Crippen LogP contribution in [0.3, 0.4) is 0 Å². The Labute approximate surface area is 167 Å². The molecule has 2 rings (SSSR count). The second-order valence-corrected chi connectivity index (χ2v) is 5.17. The van der Waals surface area contributed by atoms with E-state index in [1.54, 1.807) is 0 Å². The Morgan fingerprint density at radius 3 is 2.67 bits per heavy atom. The Morgan fingerprint density at radius 2 is 2.10 bits per heavy atom. The predicted molar refractivity (Wildman–Crippen MR) is 66.0 cm³/mol. The third-order valence-corrected chi connectivity index (χ3v) is 2.69. The van der Waals surface area contributed by atoms with E-state index in [9.17, 15) is 4.57 Å². The first-order chi connectivity index (χ1) is 8.92. The second kappa shape index (κ2) is 8.90. The molecule has 0 spiro atoms. The van der Waals surface area contributed by atoms with Crippen LogP contribution in [0.4, 0.5) is 5.82 Å². The number of hydrogen-bond donors (Lipinski definition) is 3. The molecule has 0 aromatic carbocycles. The van der Waals surface area contributed by atoms with E-state index in [1.807, 2.05) is 0 Å². The number of ether oxygens (including phenoxy) is 2. The van der Waals surface area contributed by atoms with Crippen LogP contribution in [0.1, 0.15) is 9.27 Å². The van der Waals surface area contributed by atoms with Crippen molar-refractivity contribution >= 4 is 24.6 Å². The molecule has 10 nitrogen and oxygen atoms in total. The number of aromatic nitrogens is 4. The quantitative estimate of drug-likeness (QED) is 0.276. The summed E-state index contributed by atoms with van der Waals surface area (Å²) >= 11 is 0. The van der Waals surface area contributed by atoms with Crippen LogP contribution in [0.5, 0.6) is 0 Å². The number of anilines is 1. The van der Waals surface area contributed by atoms with Crippen LogP contribution in [-0.2, 0) is 14.0 Å². The second-order valence-electron chi connectivity index (χ2n) is 3.59. The molecule has 13 heteroatoms. The maximum atomic E-state index is 10.8. The minimum Gasteiger partial charge on any atom is -1.00 e. The number of hydrogen-bond acceptors (Lipinski definition) is 7. The molecule has 0 saturated heterocycles. The van der Waals surface area contributed by atoms with Crippen molar-refractivity contribution in [2.45, 2.75) is 6.41 Å². The van der Waals surface area contributed by atoms with Crippen LogP contribution in [0.15, 0.2) is 12.7 Å². The summed E-state index contributed by atoms with van der Waals surface area (Å²) in [6.45, 7) is 0. The van der Waals surface area contributed by atoms with Gasteiger partial charge in [-0.3, -0.25) is 9.13 Å². The minimum absolute atomic E-state index is 0. The molecule has 0 aliphatic heterocycles. The van der Waals surface area contributed by atoms with Crippen LogP contribution >= 0.6 is 7.60 Å². The van der Waals surface area contributed by atoms with Crippen LogP contribution in [0, 0.1) is 0 Å². The molecule has 0 amide bonds. The third-order valence-electron chi connectivity index (χ3n) is 2.20. The van der Waals surface area contributed by atoms with Gasteiger partial charge in [0.15, 0.2) is 17.8 Å². The van der Waals surface area contributed by atoms with Crippen molar-refractivity contribution in [2.75, 3.05) is 19.2 Å². The zero-order valence-corrected chi connectivity index (χ0v) is 16.8. The van der Waals surface area contributed by atoms with Crippen molar-refractivity contribution in [3.8, 4) is 0 Å². The number of rotatable bonds is 5. The normalized spacial score (nSPS) is 12.5. The summed E-state index contributed by atoms with van der Waals surface area (Å²) in [5.74, 6) is 0.189. The molecule has 1 atom stereocenters. The van der Waals surface area contributed by atoms with Gasteiger partial charge in [0.1, 0.15) is 18.2 Å². The van der Waals surface area contributed by atoms with E-state index < -0.39 is 20.4 Å². The zero-order valence-electron chi connectivity index (χ0n) is 13.9. The summed E-state index contributed by atoms with van der Waals surface area (Å²) in [5, 5.41) is 0. The van der Waals surface area contributed by atoms with E-state index >= 15 is 0 Å². The standard InChI is InChI=1S/C8H12N5O5P.2Na.2H/c1-17-8(18-4-19(14,15)16)13-3-12-5-6(9)10-2-11-7(5)13;;;;/h2-3,8H,4H2,1H3,(H2,9,10,11)(H2,14,15,16);;;;/q;2*+1;2*-1. The van der Waals surface area contributed by atoms with E-state index in [2.05, 4.69) is 15.0 Å². The Morgan fingerprint density at radius 1 is 1.43 bits per heavy atom. The molecule has 0 fully saturated rings. The average Bonchev–Trinajstić information content (AvgIpc) is 2.74. The van der Waals surface area contributed by atoms with Crippen LogP contribution < -0.4 is 64.8 Å². The summed E-state index contributed by atoms with van der Waals surface area (Å²) in [7, 11) is -2.98. The summed E-state index contributed by atoms with van der Waals surface area (Å²) < 4.78 is 22.1. The van der Waals surface area contributed by atoms with Gasteiger partial charge in [0.25, 0.3) is 0 Å². The molecular weight excluding hydrogens is 323 g/mol. The molecule has 2 aromatic heterocycles. The fourth-order valence-electron chi connectivity index (χ4n) is 1.45. The first kappa shape index (κ1) is 21.4. The molecule has 108 valence electrons. The molecule has 2 heterocycles. The molecule has 4 N–H and O–H groups in total. The Balaban J connectivity index is -0.000001000. The van der Waals surface area contributed by atoms with Gasteiger partial charge in [-0.25, -0.2) is 15.0 Å². The molecule has 21 heavy (non-hydrogen) atoms. The molecule has 0 saturated carbocycles. The van der Waals surface area contributed by atoms with E-state index in [-0.39, 0.29) is 67.8 Å².